The third-order valence-electron chi connectivity index (χ3n) is 3.52. The fraction of sp³-hybridized carbons (Fsp3) is 1.00. The first-order chi connectivity index (χ1) is 5.96. The van der Waals surface area contributed by atoms with E-state index >= 15 is 0 Å². The first-order valence-electron chi connectivity index (χ1n) is 5.32. The Labute approximate surface area is 81.5 Å². The maximum Gasteiger partial charge on any atom is 0.121 e. The summed E-state index contributed by atoms with van der Waals surface area (Å²) >= 11 is 0. The number of hydrogen-bond donors (Lipinski definition) is 2. The van der Waals surface area contributed by atoms with Crippen LogP contribution in [0.3, 0.4) is 0 Å². The third kappa shape index (κ3) is 1.87. The van der Waals surface area contributed by atoms with Crippen LogP contribution in [0.2, 0.25) is 0 Å². The normalized spacial score (nSPS) is 34.8. The molecule has 0 aromatic rings. The summed E-state index contributed by atoms with van der Waals surface area (Å²) in [5.74, 6) is -0.586. The van der Waals surface area contributed by atoms with Crippen LogP contribution in [-0.4, -0.2) is 22.8 Å². The van der Waals surface area contributed by atoms with Crippen molar-refractivity contribution >= 4 is 0 Å². The quantitative estimate of drug-likeness (QED) is 0.636. The molecular formula is C10H23N3. The molecule has 1 unspecified atom stereocenters. The summed E-state index contributed by atoms with van der Waals surface area (Å²) in [5.41, 5.74) is 12.4. The highest BCUT2D eigenvalue weighted by molar-refractivity contribution is 4.96. The summed E-state index contributed by atoms with van der Waals surface area (Å²) in [7, 11) is 0. The fourth-order valence-corrected chi connectivity index (χ4v) is 2.57. The molecule has 0 aromatic heterocycles. The Morgan fingerprint density at radius 2 is 1.85 bits per heavy atom. The topological polar surface area (TPSA) is 55.3 Å². The van der Waals surface area contributed by atoms with Crippen LogP contribution in [0.15, 0.2) is 0 Å². The van der Waals surface area contributed by atoms with E-state index in [9.17, 15) is 0 Å². The summed E-state index contributed by atoms with van der Waals surface area (Å²) in [6, 6.07) is 0. The van der Waals surface area contributed by atoms with Gasteiger partial charge in [0, 0.05) is 5.54 Å². The second kappa shape index (κ2) is 3.56. The minimum absolute atomic E-state index is 0.205. The SMILES string of the molecule is CCN1C(N)(N)CCCC1(C)CC. The predicted molar refractivity (Wildman–Crippen MR) is 56.0 cm³/mol. The second-order valence-electron chi connectivity index (χ2n) is 4.44. The monoisotopic (exact) mass is 185 g/mol. The van der Waals surface area contributed by atoms with Crippen molar-refractivity contribution in [3.8, 4) is 0 Å². The van der Waals surface area contributed by atoms with Crippen LogP contribution in [0.4, 0.5) is 0 Å². The first-order valence-corrected chi connectivity index (χ1v) is 5.32. The molecule has 1 aliphatic rings. The lowest BCUT2D eigenvalue weighted by molar-refractivity contribution is -0.0485. The highest BCUT2D eigenvalue weighted by Crippen LogP contribution is 2.35. The zero-order valence-corrected chi connectivity index (χ0v) is 9.14. The van der Waals surface area contributed by atoms with Crippen molar-refractivity contribution in [2.45, 2.75) is 57.8 Å². The maximum atomic E-state index is 6.09. The molecule has 1 aliphatic heterocycles. The Morgan fingerprint density at radius 3 is 2.23 bits per heavy atom. The Morgan fingerprint density at radius 1 is 1.23 bits per heavy atom. The highest BCUT2D eigenvalue weighted by atomic mass is 15.4. The van der Waals surface area contributed by atoms with Crippen molar-refractivity contribution in [3.05, 3.63) is 0 Å². The van der Waals surface area contributed by atoms with E-state index in [0.29, 0.717) is 0 Å². The summed E-state index contributed by atoms with van der Waals surface area (Å²) in [6.07, 6.45) is 4.40. The summed E-state index contributed by atoms with van der Waals surface area (Å²) in [6.45, 7) is 7.55. The molecule has 4 N–H and O–H groups in total. The third-order valence-corrected chi connectivity index (χ3v) is 3.52. The summed E-state index contributed by atoms with van der Waals surface area (Å²) in [5, 5.41) is 0. The van der Waals surface area contributed by atoms with Gasteiger partial charge in [-0.3, -0.25) is 4.90 Å². The number of hydrogen-bond acceptors (Lipinski definition) is 3. The van der Waals surface area contributed by atoms with Crippen molar-refractivity contribution in [1.29, 1.82) is 0 Å². The summed E-state index contributed by atoms with van der Waals surface area (Å²) < 4.78 is 0. The average Bonchev–Trinajstić information content (AvgIpc) is 2.03. The van der Waals surface area contributed by atoms with Gasteiger partial charge in [0.25, 0.3) is 0 Å². The molecule has 1 rings (SSSR count). The van der Waals surface area contributed by atoms with E-state index in [4.69, 9.17) is 11.5 Å². The highest BCUT2D eigenvalue weighted by Gasteiger charge is 2.42. The van der Waals surface area contributed by atoms with E-state index in [1.54, 1.807) is 0 Å². The zero-order valence-electron chi connectivity index (χ0n) is 9.14. The molecule has 0 radical (unpaired) electrons. The average molecular weight is 185 g/mol. The molecule has 1 atom stereocenters. The summed E-state index contributed by atoms with van der Waals surface area (Å²) in [4.78, 5) is 2.25. The Balaban J connectivity index is 2.86. The molecule has 0 bridgehead atoms. The van der Waals surface area contributed by atoms with Gasteiger partial charge in [-0.05, 0) is 39.2 Å². The van der Waals surface area contributed by atoms with Crippen LogP contribution in [0.25, 0.3) is 0 Å². The van der Waals surface area contributed by atoms with Crippen LogP contribution in [0.1, 0.15) is 46.5 Å². The van der Waals surface area contributed by atoms with E-state index in [1.165, 1.54) is 6.42 Å². The number of piperidine rings is 1. The van der Waals surface area contributed by atoms with Crippen molar-refractivity contribution in [3.63, 3.8) is 0 Å². The molecule has 1 fully saturated rings. The molecule has 0 aliphatic carbocycles. The number of nitrogens with two attached hydrogens (primary N) is 2. The van der Waals surface area contributed by atoms with Gasteiger partial charge in [-0.15, -0.1) is 0 Å². The van der Waals surface area contributed by atoms with E-state index in [2.05, 4.69) is 25.7 Å². The maximum absolute atomic E-state index is 6.09. The van der Waals surface area contributed by atoms with E-state index in [0.717, 1.165) is 25.8 Å². The molecule has 0 saturated carbocycles. The second-order valence-corrected chi connectivity index (χ2v) is 4.44. The minimum Gasteiger partial charge on any atom is -0.301 e. The molecule has 78 valence electrons. The van der Waals surface area contributed by atoms with Gasteiger partial charge in [0.2, 0.25) is 0 Å². The van der Waals surface area contributed by atoms with E-state index in [-0.39, 0.29) is 5.54 Å². The fourth-order valence-electron chi connectivity index (χ4n) is 2.57. The molecule has 3 heteroatoms. The molecule has 0 aromatic carbocycles. The standard InChI is InChI=1S/C10H23N3/c1-4-9(3)7-6-8-10(11,12)13(9)5-2/h4-8,11-12H2,1-3H3. The molecule has 0 spiro atoms. The largest absolute Gasteiger partial charge is 0.301 e. The van der Waals surface area contributed by atoms with Gasteiger partial charge in [0.15, 0.2) is 0 Å². The Kier molecular flexibility index (Phi) is 3.00. The smallest absolute Gasteiger partial charge is 0.121 e. The van der Waals surface area contributed by atoms with Crippen molar-refractivity contribution in [1.82, 2.24) is 4.90 Å². The first kappa shape index (κ1) is 11.0. The zero-order chi connectivity index (χ0) is 10.1. The van der Waals surface area contributed by atoms with Crippen LogP contribution in [-0.2, 0) is 0 Å². The van der Waals surface area contributed by atoms with Gasteiger partial charge in [-0.25, -0.2) is 0 Å². The van der Waals surface area contributed by atoms with Crippen LogP contribution < -0.4 is 11.5 Å². The van der Waals surface area contributed by atoms with Gasteiger partial charge < -0.3 is 11.5 Å². The number of rotatable bonds is 2. The lowest BCUT2D eigenvalue weighted by Gasteiger charge is -2.53. The Bertz CT molecular complexity index is 179. The van der Waals surface area contributed by atoms with Gasteiger partial charge in [-0.2, -0.15) is 0 Å². The van der Waals surface area contributed by atoms with Gasteiger partial charge in [0.1, 0.15) is 5.79 Å². The van der Waals surface area contributed by atoms with Crippen LogP contribution in [0.5, 0.6) is 0 Å². The lowest BCUT2D eigenvalue weighted by atomic mass is 9.83. The molecule has 0 amide bonds. The van der Waals surface area contributed by atoms with Gasteiger partial charge in [-0.1, -0.05) is 13.8 Å². The minimum atomic E-state index is -0.586. The predicted octanol–water partition coefficient (Wildman–Crippen LogP) is 1.23. The molecule has 13 heavy (non-hydrogen) atoms. The van der Waals surface area contributed by atoms with Crippen molar-refractivity contribution in [2.24, 2.45) is 11.5 Å². The number of nitrogens with zero attached hydrogens (tertiary/aromatic N) is 1. The van der Waals surface area contributed by atoms with Gasteiger partial charge in [0.05, 0.1) is 0 Å². The van der Waals surface area contributed by atoms with Gasteiger partial charge >= 0.3 is 0 Å². The van der Waals surface area contributed by atoms with Crippen LogP contribution in [0, 0.1) is 0 Å². The van der Waals surface area contributed by atoms with E-state index in [1.807, 2.05) is 0 Å². The Hall–Kier alpha value is -0.120. The molecule has 3 nitrogen and oxygen atoms in total. The van der Waals surface area contributed by atoms with Crippen molar-refractivity contribution in [2.75, 3.05) is 6.54 Å². The molecular weight excluding hydrogens is 162 g/mol. The molecule has 1 heterocycles. The number of likely N-dealkylation sites (tertiary alicyclic amines) is 1. The van der Waals surface area contributed by atoms with E-state index < -0.39 is 5.79 Å². The molecule has 1 saturated heterocycles. The lowest BCUT2D eigenvalue weighted by Crippen LogP contribution is -2.71. The van der Waals surface area contributed by atoms with Crippen molar-refractivity contribution < 1.29 is 0 Å². The van der Waals surface area contributed by atoms with Crippen LogP contribution >= 0.6 is 0 Å².